The lowest BCUT2D eigenvalue weighted by molar-refractivity contribution is 0.248. The molecular formula is C12H13ClFNO3S. The molecule has 2 N–H and O–H groups in total. The number of halogens is 2. The second kappa shape index (κ2) is 5.58. The van der Waals surface area contributed by atoms with Crippen molar-refractivity contribution in [1.82, 2.24) is 4.72 Å². The summed E-state index contributed by atoms with van der Waals surface area (Å²) >= 11 is 5.57. The summed E-state index contributed by atoms with van der Waals surface area (Å²) in [6, 6.07) is 2.87. The number of aliphatic hydroxyl groups excluding tert-OH is 1. The van der Waals surface area contributed by atoms with Gasteiger partial charge in [0.2, 0.25) is 10.0 Å². The highest BCUT2D eigenvalue weighted by Gasteiger charge is 2.24. The zero-order valence-electron chi connectivity index (χ0n) is 9.88. The molecule has 0 radical (unpaired) electrons. The molecule has 7 heteroatoms. The summed E-state index contributed by atoms with van der Waals surface area (Å²) < 4.78 is 39.6. The standard InChI is InChI=1S/C12H13ClFNO3S/c13-11-6-10(3-4-12(11)14)19(17,18)15-9-2-1-8(5-9)7-16/h1-4,6,8-9,15-16H,5,7H2/t8-,9+/m0/s1. The summed E-state index contributed by atoms with van der Waals surface area (Å²) in [5.74, 6) is -0.703. The van der Waals surface area contributed by atoms with Crippen molar-refractivity contribution in [2.75, 3.05) is 6.61 Å². The zero-order valence-corrected chi connectivity index (χ0v) is 11.5. The van der Waals surface area contributed by atoms with E-state index in [1.54, 1.807) is 12.2 Å². The number of benzene rings is 1. The number of aliphatic hydroxyl groups is 1. The van der Waals surface area contributed by atoms with Gasteiger partial charge in [0.1, 0.15) is 5.82 Å². The minimum absolute atomic E-state index is 0.0168. The minimum atomic E-state index is -3.75. The Morgan fingerprint density at radius 1 is 1.42 bits per heavy atom. The lowest BCUT2D eigenvalue weighted by Crippen LogP contribution is -2.33. The van der Waals surface area contributed by atoms with E-state index < -0.39 is 15.8 Å². The second-order valence-electron chi connectivity index (χ2n) is 4.37. The summed E-state index contributed by atoms with van der Waals surface area (Å²) in [5, 5.41) is 8.74. The normalized spacial score (nSPS) is 22.9. The third-order valence-electron chi connectivity index (χ3n) is 2.91. The molecule has 0 fully saturated rings. The Hall–Kier alpha value is -0.950. The van der Waals surface area contributed by atoms with Crippen molar-refractivity contribution in [3.63, 3.8) is 0 Å². The number of sulfonamides is 1. The fraction of sp³-hybridized carbons (Fsp3) is 0.333. The highest BCUT2D eigenvalue weighted by Crippen LogP contribution is 2.22. The van der Waals surface area contributed by atoms with Crippen molar-refractivity contribution in [3.8, 4) is 0 Å². The van der Waals surface area contributed by atoms with Gasteiger partial charge in [-0.1, -0.05) is 23.8 Å². The highest BCUT2D eigenvalue weighted by atomic mass is 35.5. The Labute approximate surface area is 115 Å². The van der Waals surface area contributed by atoms with E-state index in [4.69, 9.17) is 16.7 Å². The van der Waals surface area contributed by atoms with E-state index in [2.05, 4.69) is 4.72 Å². The predicted molar refractivity (Wildman–Crippen MR) is 69.9 cm³/mol. The lowest BCUT2D eigenvalue weighted by Gasteiger charge is -2.13. The average Bonchev–Trinajstić information content (AvgIpc) is 2.79. The Kier molecular flexibility index (Phi) is 4.25. The van der Waals surface area contributed by atoms with Crippen LogP contribution in [0.5, 0.6) is 0 Å². The molecule has 0 amide bonds. The third-order valence-corrected chi connectivity index (χ3v) is 4.69. The van der Waals surface area contributed by atoms with Gasteiger partial charge < -0.3 is 5.11 Å². The molecule has 0 saturated heterocycles. The molecule has 0 spiro atoms. The topological polar surface area (TPSA) is 66.4 Å². The van der Waals surface area contributed by atoms with Crippen LogP contribution in [0.2, 0.25) is 5.02 Å². The number of hydrogen-bond donors (Lipinski definition) is 2. The molecule has 1 aliphatic carbocycles. The largest absolute Gasteiger partial charge is 0.396 e. The molecule has 0 saturated carbocycles. The van der Waals surface area contributed by atoms with E-state index in [-0.39, 0.29) is 28.5 Å². The molecule has 0 aromatic heterocycles. The molecule has 2 atom stereocenters. The monoisotopic (exact) mass is 305 g/mol. The second-order valence-corrected chi connectivity index (χ2v) is 6.49. The van der Waals surface area contributed by atoms with Crippen LogP contribution in [-0.2, 0) is 10.0 Å². The van der Waals surface area contributed by atoms with Crippen LogP contribution in [0.1, 0.15) is 6.42 Å². The molecule has 4 nitrogen and oxygen atoms in total. The van der Waals surface area contributed by atoms with Crippen molar-refractivity contribution >= 4 is 21.6 Å². The van der Waals surface area contributed by atoms with E-state index >= 15 is 0 Å². The molecule has 0 aliphatic heterocycles. The van der Waals surface area contributed by atoms with Crippen molar-refractivity contribution in [2.45, 2.75) is 17.4 Å². The molecule has 1 aliphatic rings. The fourth-order valence-electron chi connectivity index (χ4n) is 1.91. The summed E-state index contributed by atoms with van der Waals surface area (Å²) in [4.78, 5) is -0.0836. The van der Waals surface area contributed by atoms with Crippen molar-refractivity contribution in [1.29, 1.82) is 0 Å². The molecule has 0 heterocycles. The summed E-state index contributed by atoms with van der Waals surface area (Å²) in [5.41, 5.74) is 0. The molecular weight excluding hydrogens is 293 g/mol. The van der Waals surface area contributed by atoms with Gasteiger partial charge in [0.05, 0.1) is 9.92 Å². The van der Waals surface area contributed by atoms with E-state index in [0.29, 0.717) is 6.42 Å². The molecule has 1 aromatic rings. The highest BCUT2D eigenvalue weighted by molar-refractivity contribution is 7.89. The average molecular weight is 306 g/mol. The molecule has 19 heavy (non-hydrogen) atoms. The Balaban J connectivity index is 2.15. The maximum atomic E-state index is 13.0. The lowest BCUT2D eigenvalue weighted by atomic mass is 10.1. The molecule has 2 rings (SSSR count). The molecule has 104 valence electrons. The van der Waals surface area contributed by atoms with Crippen LogP contribution in [0.4, 0.5) is 4.39 Å². The van der Waals surface area contributed by atoms with Crippen LogP contribution in [0.25, 0.3) is 0 Å². The van der Waals surface area contributed by atoms with E-state index in [9.17, 15) is 12.8 Å². The maximum absolute atomic E-state index is 13.0. The van der Waals surface area contributed by atoms with E-state index in [1.807, 2.05) is 0 Å². The SMILES string of the molecule is O=S(=O)(N[C@@H]1C=C[C@H](CO)C1)c1ccc(F)c(Cl)c1. The van der Waals surface area contributed by atoms with Gasteiger partial charge in [-0.3, -0.25) is 0 Å². The van der Waals surface area contributed by atoms with Gasteiger partial charge in [-0.2, -0.15) is 0 Å². The van der Waals surface area contributed by atoms with Crippen LogP contribution in [0.15, 0.2) is 35.2 Å². The van der Waals surface area contributed by atoms with Crippen LogP contribution < -0.4 is 4.72 Å². The molecule has 0 unspecified atom stereocenters. The van der Waals surface area contributed by atoms with Gasteiger partial charge in [0.15, 0.2) is 0 Å². The van der Waals surface area contributed by atoms with Crippen molar-refractivity contribution in [3.05, 3.63) is 41.2 Å². The Morgan fingerprint density at radius 3 is 2.74 bits per heavy atom. The maximum Gasteiger partial charge on any atom is 0.241 e. The Morgan fingerprint density at radius 2 is 2.16 bits per heavy atom. The first-order chi connectivity index (χ1) is 8.92. The fourth-order valence-corrected chi connectivity index (χ4v) is 3.38. The Bertz CT molecular complexity index is 603. The van der Waals surface area contributed by atoms with E-state index in [1.165, 1.54) is 0 Å². The summed E-state index contributed by atoms with van der Waals surface area (Å²) in [7, 11) is -3.75. The van der Waals surface area contributed by atoms with Gasteiger partial charge in [-0.25, -0.2) is 17.5 Å². The van der Waals surface area contributed by atoms with Crippen molar-refractivity contribution in [2.24, 2.45) is 5.92 Å². The van der Waals surface area contributed by atoms with Crippen LogP contribution in [0, 0.1) is 11.7 Å². The summed E-state index contributed by atoms with van der Waals surface area (Å²) in [6.07, 6.45) is 3.97. The van der Waals surface area contributed by atoms with Gasteiger partial charge in [0, 0.05) is 18.6 Å². The van der Waals surface area contributed by atoms with Gasteiger partial charge in [0.25, 0.3) is 0 Å². The number of hydrogen-bond acceptors (Lipinski definition) is 3. The quantitative estimate of drug-likeness (QED) is 0.832. The first-order valence-corrected chi connectivity index (χ1v) is 7.55. The predicted octanol–water partition coefficient (Wildman–Crippen LogP) is 1.69. The first-order valence-electron chi connectivity index (χ1n) is 5.69. The molecule has 0 bridgehead atoms. The number of rotatable bonds is 4. The van der Waals surface area contributed by atoms with Crippen molar-refractivity contribution < 1.29 is 17.9 Å². The number of nitrogens with one attached hydrogen (secondary N) is 1. The van der Waals surface area contributed by atoms with Gasteiger partial charge >= 0.3 is 0 Å². The first kappa shape index (κ1) is 14.5. The van der Waals surface area contributed by atoms with Gasteiger partial charge in [-0.05, 0) is 24.6 Å². The van der Waals surface area contributed by atoms with Gasteiger partial charge in [-0.15, -0.1) is 0 Å². The minimum Gasteiger partial charge on any atom is -0.396 e. The summed E-state index contributed by atoms with van der Waals surface area (Å²) in [6.45, 7) is -0.0168. The van der Waals surface area contributed by atoms with E-state index in [0.717, 1.165) is 18.2 Å². The molecule has 1 aromatic carbocycles. The zero-order chi connectivity index (χ0) is 14.0. The van der Waals surface area contributed by atoms with Crippen LogP contribution in [0.3, 0.4) is 0 Å². The van der Waals surface area contributed by atoms with Crippen LogP contribution in [-0.4, -0.2) is 26.2 Å². The third kappa shape index (κ3) is 3.33. The smallest absolute Gasteiger partial charge is 0.241 e. The van der Waals surface area contributed by atoms with Crippen LogP contribution >= 0.6 is 11.6 Å².